The Kier molecular flexibility index (Phi) is 5.86. The maximum absolute atomic E-state index is 13.4. The van der Waals surface area contributed by atoms with Crippen molar-refractivity contribution in [2.24, 2.45) is 11.8 Å². The molecule has 1 heterocycles. The van der Waals surface area contributed by atoms with Crippen LogP contribution in [0.25, 0.3) is 0 Å². The lowest BCUT2D eigenvalue weighted by molar-refractivity contribution is -0.385. The number of nitrogens with zero attached hydrogens (tertiary/aromatic N) is 4. The predicted molar refractivity (Wildman–Crippen MR) is 113 cm³/mol. The Balaban J connectivity index is 1.75. The number of amides is 3. The van der Waals surface area contributed by atoms with Gasteiger partial charge in [0.2, 0.25) is 0 Å². The third-order valence-corrected chi connectivity index (χ3v) is 6.13. The van der Waals surface area contributed by atoms with Gasteiger partial charge in [-0.25, -0.2) is 5.01 Å². The SMILES string of the molecule is O=C(c1ccc([N+](=O)[O-])cc1)N(Cc1ccccc1[N+](=O)[O-])N1C(=O)[C@H]2CCCC[C@@H]2C1=O. The first-order valence-electron chi connectivity index (χ1n) is 10.5. The molecule has 0 aromatic heterocycles. The maximum atomic E-state index is 13.4. The van der Waals surface area contributed by atoms with E-state index >= 15 is 0 Å². The molecule has 3 amide bonds. The van der Waals surface area contributed by atoms with Gasteiger partial charge >= 0.3 is 0 Å². The zero-order valence-electron chi connectivity index (χ0n) is 17.5. The van der Waals surface area contributed by atoms with Gasteiger partial charge in [0, 0.05) is 23.8 Å². The summed E-state index contributed by atoms with van der Waals surface area (Å²) in [6.07, 6.45) is 2.68. The lowest BCUT2D eigenvalue weighted by atomic mass is 9.81. The average molecular weight is 452 g/mol. The molecule has 0 spiro atoms. The summed E-state index contributed by atoms with van der Waals surface area (Å²) in [6.45, 7) is -0.385. The molecule has 11 nitrogen and oxygen atoms in total. The minimum absolute atomic E-state index is 0.00894. The molecule has 33 heavy (non-hydrogen) atoms. The molecule has 11 heteroatoms. The molecule has 1 aliphatic carbocycles. The van der Waals surface area contributed by atoms with Crippen molar-refractivity contribution in [3.63, 3.8) is 0 Å². The van der Waals surface area contributed by atoms with Crippen LogP contribution in [0.3, 0.4) is 0 Å². The molecule has 0 bridgehead atoms. The van der Waals surface area contributed by atoms with Crippen molar-refractivity contribution in [2.45, 2.75) is 32.2 Å². The Morgan fingerprint density at radius 1 is 0.909 bits per heavy atom. The summed E-state index contributed by atoms with van der Waals surface area (Å²) in [5, 5.41) is 24.2. The second-order valence-electron chi connectivity index (χ2n) is 8.04. The van der Waals surface area contributed by atoms with E-state index in [0.29, 0.717) is 12.8 Å². The number of non-ortho nitro benzene ring substituents is 1. The van der Waals surface area contributed by atoms with E-state index in [0.717, 1.165) is 35.0 Å². The minimum atomic E-state index is -0.761. The highest BCUT2D eigenvalue weighted by molar-refractivity contribution is 6.07. The van der Waals surface area contributed by atoms with Crippen LogP contribution in [0.5, 0.6) is 0 Å². The second kappa shape index (κ2) is 8.77. The first kappa shape index (κ1) is 22.1. The van der Waals surface area contributed by atoms with Gasteiger partial charge in [-0.1, -0.05) is 31.0 Å². The summed E-state index contributed by atoms with van der Waals surface area (Å²) in [5.41, 5.74) is -0.324. The largest absolute Gasteiger partial charge is 0.274 e. The van der Waals surface area contributed by atoms with Crippen molar-refractivity contribution < 1.29 is 24.2 Å². The number of hydrazine groups is 1. The van der Waals surface area contributed by atoms with Crippen LogP contribution < -0.4 is 0 Å². The lowest BCUT2D eigenvalue weighted by Crippen LogP contribution is -2.49. The fourth-order valence-corrected chi connectivity index (χ4v) is 4.47. The molecule has 170 valence electrons. The van der Waals surface area contributed by atoms with Crippen LogP contribution >= 0.6 is 0 Å². The lowest BCUT2D eigenvalue weighted by Gasteiger charge is -2.30. The normalized spacial score (nSPS) is 19.8. The van der Waals surface area contributed by atoms with Crippen molar-refractivity contribution in [1.82, 2.24) is 10.0 Å². The van der Waals surface area contributed by atoms with E-state index in [1.807, 2.05) is 0 Å². The molecule has 2 atom stereocenters. The first-order chi connectivity index (χ1) is 15.8. The zero-order valence-corrected chi connectivity index (χ0v) is 17.5. The van der Waals surface area contributed by atoms with Gasteiger partial charge < -0.3 is 0 Å². The van der Waals surface area contributed by atoms with Gasteiger partial charge in [-0.15, -0.1) is 0 Å². The number of carbonyl (C=O) groups is 3. The molecular formula is C22H20N4O7. The van der Waals surface area contributed by atoms with Crippen LogP contribution in [0, 0.1) is 32.1 Å². The molecule has 2 aromatic carbocycles. The molecule has 0 radical (unpaired) electrons. The fourth-order valence-electron chi connectivity index (χ4n) is 4.47. The number of imide groups is 1. The second-order valence-corrected chi connectivity index (χ2v) is 8.04. The average Bonchev–Trinajstić information content (AvgIpc) is 3.07. The quantitative estimate of drug-likeness (QED) is 0.372. The topological polar surface area (TPSA) is 144 Å². The molecule has 2 aromatic rings. The Labute approximate surface area is 187 Å². The van der Waals surface area contributed by atoms with Crippen molar-refractivity contribution >= 4 is 29.1 Å². The van der Waals surface area contributed by atoms with E-state index in [2.05, 4.69) is 0 Å². The van der Waals surface area contributed by atoms with Crippen LogP contribution in [0.15, 0.2) is 48.5 Å². The van der Waals surface area contributed by atoms with Crippen LogP contribution in [-0.4, -0.2) is 37.6 Å². The number of para-hydroxylation sites is 1. The molecule has 4 rings (SSSR count). The Bertz CT molecular complexity index is 1120. The van der Waals surface area contributed by atoms with E-state index in [1.54, 1.807) is 6.07 Å². The summed E-state index contributed by atoms with van der Waals surface area (Å²) in [4.78, 5) is 61.0. The summed E-state index contributed by atoms with van der Waals surface area (Å²) in [5.74, 6) is -2.81. The highest BCUT2D eigenvalue weighted by Gasteiger charge is 2.51. The fraction of sp³-hybridized carbons (Fsp3) is 0.318. The monoisotopic (exact) mass is 452 g/mol. The third kappa shape index (κ3) is 4.04. The highest BCUT2D eigenvalue weighted by Crippen LogP contribution is 2.39. The summed E-state index contributed by atoms with van der Waals surface area (Å²) in [7, 11) is 0. The van der Waals surface area contributed by atoms with E-state index in [4.69, 9.17) is 0 Å². The van der Waals surface area contributed by atoms with E-state index in [9.17, 15) is 34.6 Å². The van der Waals surface area contributed by atoms with E-state index in [-0.39, 0.29) is 29.0 Å². The van der Waals surface area contributed by atoms with Crippen LogP contribution in [0.2, 0.25) is 0 Å². The molecule has 2 aliphatic rings. The smallest absolute Gasteiger partial charge is 0.272 e. The molecule has 0 unspecified atom stereocenters. The van der Waals surface area contributed by atoms with Gasteiger partial charge in [-0.3, -0.25) is 34.6 Å². The van der Waals surface area contributed by atoms with Crippen LogP contribution in [0.1, 0.15) is 41.6 Å². The highest BCUT2D eigenvalue weighted by atomic mass is 16.6. The Morgan fingerprint density at radius 2 is 1.48 bits per heavy atom. The number of nitro benzene ring substituents is 2. The first-order valence-corrected chi connectivity index (χ1v) is 10.5. The van der Waals surface area contributed by atoms with Gasteiger partial charge in [0.1, 0.15) is 0 Å². The van der Waals surface area contributed by atoms with E-state index in [1.165, 1.54) is 30.3 Å². The van der Waals surface area contributed by atoms with E-state index < -0.39 is 39.4 Å². The van der Waals surface area contributed by atoms with Crippen LogP contribution in [-0.2, 0) is 16.1 Å². The number of hydrogen-bond donors (Lipinski definition) is 0. The third-order valence-electron chi connectivity index (χ3n) is 6.13. The van der Waals surface area contributed by atoms with Crippen molar-refractivity contribution in [3.8, 4) is 0 Å². The van der Waals surface area contributed by atoms with Gasteiger partial charge in [-0.05, 0) is 25.0 Å². The van der Waals surface area contributed by atoms with Gasteiger partial charge in [0.25, 0.3) is 29.1 Å². The number of hydrogen-bond acceptors (Lipinski definition) is 7. The van der Waals surface area contributed by atoms with Gasteiger partial charge in [0.15, 0.2) is 0 Å². The zero-order chi connectivity index (χ0) is 23.7. The standard InChI is InChI=1S/C22H20N4O7/c27-20(14-9-11-16(12-10-14)25(30)31)23(13-15-5-1-4-8-19(15)26(32)33)24-21(28)17-6-2-3-7-18(17)22(24)29/h1,4-5,8-12,17-18H,2-3,6-7,13H2/t17-,18-/m0/s1. The number of fused-ring (bicyclic) bond motifs is 1. The number of benzene rings is 2. The molecule has 1 saturated carbocycles. The number of rotatable bonds is 6. The Hall–Kier alpha value is -4.15. The molecular weight excluding hydrogens is 432 g/mol. The van der Waals surface area contributed by atoms with Gasteiger partial charge in [-0.2, -0.15) is 5.01 Å². The predicted octanol–water partition coefficient (Wildman–Crippen LogP) is 3.24. The number of nitro groups is 2. The summed E-state index contributed by atoms with van der Waals surface area (Å²) >= 11 is 0. The van der Waals surface area contributed by atoms with Gasteiger partial charge in [0.05, 0.1) is 33.8 Å². The number of carbonyl (C=O) groups excluding carboxylic acids is 3. The molecule has 2 fully saturated rings. The molecule has 1 saturated heterocycles. The molecule has 0 N–H and O–H groups in total. The summed E-state index contributed by atoms with van der Waals surface area (Å²) in [6, 6.07) is 10.5. The van der Waals surface area contributed by atoms with Crippen LogP contribution in [0.4, 0.5) is 11.4 Å². The van der Waals surface area contributed by atoms with Crippen molar-refractivity contribution in [3.05, 3.63) is 79.9 Å². The molecule has 1 aliphatic heterocycles. The maximum Gasteiger partial charge on any atom is 0.274 e. The van der Waals surface area contributed by atoms with Crippen molar-refractivity contribution in [2.75, 3.05) is 0 Å². The Morgan fingerprint density at radius 3 is 2.03 bits per heavy atom. The summed E-state index contributed by atoms with van der Waals surface area (Å²) < 4.78 is 0. The van der Waals surface area contributed by atoms with Crippen molar-refractivity contribution in [1.29, 1.82) is 0 Å². The minimum Gasteiger partial charge on any atom is -0.272 e.